The zero-order valence-electron chi connectivity index (χ0n) is 14.0. The molecule has 2 heterocycles. The Kier molecular flexibility index (Phi) is 7.04. The number of nitrogen functional groups attached to an aromatic ring is 1. The van der Waals surface area contributed by atoms with Crippen molar-refractivity contribution in [1.82, 2.24) is 9.61 Å². The van der Waals surface area contributed by atoms with E-state index in [1.807, 2.05) is 27.7 Å². The molecule has 0 saturated heterocycles. The van der Waals surface area contributed by atoms with Crippen LogP contribution >= 0.6 is 18.9 Å². The van der Waals surface area contributed by atoms with Crippen LogP contribution in [-0.4, -0.2) is 21.8 Å². The summed E-state index contributed by atoms with van der Waals surface area (Å²) in [7, 11) is -3.47. The van der Waals surface area contributed by atoms with Gasteiger partial charge in [-0.1, -0.05) is 22.8 Å². The van der Waals surface area contributed by atoms with Crippen LogP contribution in [0.15, 0.2) is 5.38 Å². The Hall–Kier alpha value is -0.660. The van der Waals surface area contributed by atoms with Gasteiger partial charge in [0.05, 0.1) is 12.2 Å². The Balaban J connectivity index is 0.00000264. The zero-order chi connectivity index (χ0) is 16.5. The number of nitrogens with two attached hydrogens (primary N) is 1. The third kappa shape index (κ3) is 4.25. The maximum atomic E-state index is 13.2. The second kappa shape index (κ2) is 7.94. The number of hydrogen-bond donors (Lipinski definition) is 1. The second-order valence-electron chi connectivity index (χ2n) is 5.63. The van der Waals surface area contributed by atoms with Gasteiger partial charge >= 0.3 is 18.4 Å². The normalized spacial score (nSPS) is 12.3. The van der Waals surface area contributed by atoms with Gasteiger partial charge in [0.15, 0.2) is 0 Å². The summed E-state index contributed by atoms with van der Waals surface area (Å²) in [6, 6.07) is 0. The molecule has 0 aliphatic heterocycles. The molecule has 23 heavy (non-hydrogen) atoms. The quantitative estimate of drug-likeness (QED) is 0.378. The van der Waals surface area contributed by atoms with Crippen molar-refractivity contribution >= 4 is 29.3 Å². The molecule has 2 rings (SSSR count). The molecule has 0 saturated carbocycles. The molecule has 0 fully saturated rings. The molecule has 0 spiro atoms. The van der Waals surface area contributed by atoms with Gasteiger partial charge in [0.25, 0.3) is 0 Å². The van der Waals surface area contributed by atoms with E-state index in [0.29, 0.717) is 10.4 Å². The summed E-state index contributed by atoms with van der Waals surface area (Å²) in [5.74, 6) is 6.80. The molecule has 0 bridgehead atoms. The molecule has 132 valence electrons. The minimum atomic E-state index is -3.47. The van der Waals surface area contributed by atoms with Crippen molar-refractivity contribution in [3.05, 3.63) is 11.2 Å². The maximum absolute atomic E-state index is 13.2. The summed E-state index contributed by atoms with van der Waals surface area (Å²) < 4.78 is 27.6. The molecule has 0 amide bonds. The topological polar surface area (TPSA) is 82.7 Å². The Labute approximate surface area is 146 Å². The van der Waals surface area contributed by atoms with E-state index in [4.69, 9.17) is 14.9 Å². The summed E-state index contributed by atoms with van der Waals surface area (Å²) in [6.07, 6.45) is 1.23. The lowest BCUT2D eigenvalue weighted by Gasteiger charge is -2.20. The zero-order valence-corrected chi connectivity index (χ0v) is 16.5. The number of fused-ring (bicyclic) bond motifs is 1. The first-order valence-electron chi connectivity index (χ1n) is 7.42. The minimum absolute atomic E-state index is 0. The summed E-state index contributed by atoms with van der Waals surface area (Å²) >= 11 is 1.37. The van der Waals surface area contributed by atoms with Crippen molar-refractivity contribution in [3.8, 4) is 0 Å². The SMILES string of the molecule is CCCc1nn2c(P(=O)(OC(C)C)OC(C)C)csc2[n+]1N.[Cl-]. The highest BCUT2D eigenvalue weighted by Crippen LogP contribution is 2.49. The molecule has 2 aromatic heterocycles. The molecular formula is C13H24ClN4O3PS. The highest BCUT2D eigenvalue weighted by molar-refractivity contribution is 7.62. The van der Waals surface area contributed by atoms with Gasteiger partial charge in [-0.15, -0.1) is 4.68 Å². The first-order valence-corrected chi connectivity index (χ1v) is 9.84. The van der Waals surface area contributed by atoms with Crippen molar-refractivity contribution in [2.75, 3.05) is 5.84 Å². The third-order valence-corrected chi connectivity index (χ3v) is 6.20. The largest absolute Gasteiger partial charge is 1.00 e. The number of hydrogen-bond acceptors (Lipinski definition) is 6. The van der Waals surface area contributed by atoms with Gasteiger partial charge in [-0.25, -0.2) is 0 Å². The van der Waals surface area contributed by atoms with Crippen LogP contribution < -0.4 is 28.4 Å². The Morgan fingerprint density at radius 2 is 1.91 bits per heavy atom. The van der Waals surface area contributed by atoms with Gasteiger partial charge in [-0.05, 0) is 34.1 Å². The average molecular weight is 383 g/mol. The first-order chi connectivity index (χ1) is 10.3. The van der Waals surface area contributed by atoms with Crippen LogP contribution in [0.25, 0.3) is 4.96 Å². The van der Waals surface area contributed by atoms with Gasteiger partial charge in [0, 0.05) is 16.9 Å². The standard InChI is InChI=1S/C13H24N4O3PS.ClH/c1-6-7-11-15-17-12(8-22-13(17)16(11)14)21(18,19-9(2)3)20-10(4)5;/h8-10H,6-7,14H2,1-5H3;1H/q+1;/p-1. The van der Waals surface area contributed by atoms with Crippen LogP contribution in [0.5, 0.6) is 0 Å². The van der Waals surface area contributed by atoms with E-state index in [1.165, 1.54) is 16.0 Å². The van der Waals surface area contributed by atoms with Crippen LogP contribution in [0.1, 0.15) is 46.9 Å². The van der Waals surface area contributed by atoms with Gasteiger partial charge in [0.1, 0.15) is 0 Å². The monoisotopic (exact) mass is 382 g/mol. The molecule has 0 aliphatic carbocycles. The lowest BCUT2D eigenvalue weighted by molar-refractivity contribution is -0.618. The fourth-order valence-electron chi connectivity index (χ4n) is 2.09. The molecule has 2 aromatic rings. The summed E-state index contributed by atoms with van der Waals surface area (Å²) in [6.45, 7) is 9.37. The van der Waals surface area contributed by atoms with Crippen molar-refractivity contribution < 1.29 is 30.7 Å². The van der Waals surface area contributed by atoms with E-state index < -0.39 is 7.60 Å². The van der Waals surface area contributed by atoms with E-state index in [-0.39, 0.29) is 24.6 Å². The van der Waals surface area contributed by atoms with Crippen LogP contribution in [0.3, 0.4) is 0 Å². The molecule has 0 aromatic carbocycles. The second-order valence-corrected chi connectivity index (χ2v) is 8.34. The van der Waals surface area contributed by atoms with Gasteiger partial charge in [0.2, 0.25) is 5.44 Å². The van der Waals surface area contributed by atoms with Gasteiger partial charge in [-0.3, -0.25) is 10.4 Å². The Bertz CT molecular complexity index is 687. The van der Waals surface area contributed by atoms with E-state index in [1.54, 1.807) is 9.90 Å². The number of nitrogens with zero attached hydrogens (tertiary/aromatic N) is 3. The van der Waals surface area contributed by atoms with Crippen molar-refractivity contribution in [2.45, 2.75) is 59.7 Å². The van der Waals surface area contributed by atoms with Crippen molar-refractivity contribution in [1.29, 1.82) is 0 Å². The van der Waals surface area contributed by atoms with Gasteiger partial charge in [-0.2, -0.15) is 0 Å². The number of halogens is 1. The lowest BCUT2D eigenvalue weighted by Crippen LogP contribution is -3.00. The highest BCUT2D eigenvalue weighted by atomic mass is 35.5. The number of thiazole rings is 1. The van der Waals surface area contributed by atoms with E-state index in [2.05, 4.69) is 12.0 Å². The summed E-state index contributed by atoms with van der Waals surface area (Å²) in [5.41, 5.74) is 0.427. The molecular weight excluding hydrogens is 359 g/mol. The molecule has 10 heteroatoms. The van der Waals surface area contributed by atoms with Crippen molar-refractivity contribution in [2.24, 2.45) is 0 Å². The predicted molar refractivity (Wildman–Crippen MR) is 87.1 cm³/mol. The Morgan fingerprint density at radius 1 is 1.35 bits per heavy atom. The molecule has 0 aliphatic rings. The van der Waals surface area contributed by atoms with Crippen LogP contribution in [0.4, 0.5) is 0 Å². The maximum Gasteiger partial charge on any atom is 0.397 e. The summed E-state index contributed by atoms with van der Waals surface area (Å²) in [5, 5.41) is 6.22. The smallest absolute Gasteiger partial charge is 0.397 e. The molecule has 0 radical (unpaired) electrons. The minimum Gasteiger partial charge on any atom is -1.00 e. The predicted octanol–water partition coefficient (Wildman–Crippen LogP) is -0.978. The lowest BCUT2D eigenvalue weighted by atomic mass is 10.3. The highest BCUT2D eigenvalue weighted by Gasteiger charge is 2.39. The van der Waals surface area contributed by atoms with Crippen LogP contribution in [0.2, 0.25) is 0 Å². The van der Waals surface area contributed by atoms with E-state index in [0.717, 1.165) is 18.7 Å². The van der Waals surface area contributed by atoms with Gasteiger partial charge < -0.3 is 21.5 Å². The number of rotatable bonds is 7. The molecule has 0 atom stereocenters. The van der Waals surface area contributed by atoms with E-state index >= 15 is 0 Å². The fraction of sp³-hybridized carbons (Fsp3) is 0.692. The molecule has 7 nitrogen and oxygen atoms in total. The van der Waals surface area contributed by atoms with Crippen LogP contribution in [0, 0.1) is 0 Å². The van der Waals surface area contributed by atoms with Crippen molar-refractivity contribution in [3.63, 3.8) is 0 Å². The number of aryl methyl sites for hydroxylation is 1. The average Bonchev–Trinajstić information content (AvgIpc) is 2.90. The Morgan fingerprint density at radius 3 is 2.39 bits per heavy atom. The molecule has 0 unspecified atom stereocenters. The molecule has 2 N–H and O–H groups in total. The fourth-order valence-corrected chi connectivity index (χ4v) is 5.35. The van der Waals surface area contributed by atoms with E-state index in [9.17, 15) is 4.57 Å². The van der Waals surface area contributed by atoms with Crippen LogP contribution in [-0.2, 0) is 20.0 Å². The third-order valence-electron chi connectivity index (χ3n) is 2.82. The first kappa shape index (κ1) is 20.4. The summed E-state index contributed by atoms with van der Waals surface area (Å²) in [4.78, 5) is 0.707. The number of aromatic nitrogens is 3.